The summed E-state index contributed by atoms with van der Waals surface area (Å²) in [4.78, 5) is 11.3. The van der Waals surface area contributed by atoms with Crippen molar-refractivity contribution in [3.05, 3.63) is 95.8 Å². The number of hydrogen-bond donors (Lipinski definition) is 1. The average molecular weight is 459 g/mol. The van der Waals surface area contributed by atoms with Crippen LogP contribution in [-0.4, -0.2) is 27.5 Å². The Hall–Kier alpha value is -3.93. The van der Waals surface area contributed by atoms with Crippen LogP contribution in [0.4, 0.5) is 4.39 Å². The van der Waals surface area contributed by atoms with Crippen molar-refractivity contribution in [2.75, 3.05) is 6.61 Å². The summed E-state index contributed by atoms with van der Waals surface area (Å²) in [6.45, 7) is 3.17. The number of nitrogens with zero attached hydrogens (tertiary/aromatic N) is 2. The number of aryl methyl sites for hydroxylation is 2. The van der Waals surface area contributed by atoms with Gasteiger partial charge >= 0.3 is 5.97 Å². The van der Waals surface area contributed by atoms with Gasteiger partial charge in [0.05, 0.1) is 24.4 Å². The van der Waals surface area contributed by atoms with Crippen LogP contribution < -0.4 is 4.74 Å². The van der Waals surface area contributed by atoms with Crippen LogP contribution in [0.2, 0.25) is 0 Å². The van der Waals surface area contributed by atoms with Gasteiger partial charge in [-0.05, 0) is 54.3 Å². The van der Waals surface area contributed by atoms with Crippen LogP contribution in [-0.2, 0) is 24.2 Å². The van der Waals surface area contributed by atoms with E-state index in [-0.39, 0.29) is 12.2 Å². The molecule has 1 heterocycles. The fourth-order valence-electron chi connectivity index (χ4n) is 3.88. The molecular formula is C28H27FN2O3. The molecule has 0 amide bonds. The smallest absolute Gasteiger partial charge is 0.307 e. The van der Waals surface area contributed by atoms with Crippen molar-refractivity contribution in [2.24, 2.45) is 0 Å². The second-order valence-corrected chi connectivity index (χ2v) is 8.13. The maximum atomic E-state index is 14.0. The molecule has 0 saturated carbocycles. The highest BCUT2D eigenvalue weighted by atomic mass is 19.1. The average Bonchev–Trinajstić information content (AvgIpc) is 3.26. The Labute approximate surface area is 198 Å². The molecular weight excluding hydrogens is 431 g/mol. The van der Waals surface area contributed by atoms with Crippen molar-refractivity contribution in [3.8, 4) is 28.3 Å². The fourth-order valence-corrected chi connectivity index (χ4v) is 3.88. The number of carboxylic acids is 1. The Bertz CT molecular complexity index is 1270. The minimum atomic E-state index is -0.901. The van der Waals surface area contributed by atoms with E-state index in [0.717, 1.165) is 29.7 Å². The van der Waals surface area contributed by atoms with Gasteiger partial charge in [0.1, 0.15) is 11.6 Å². The van der Waals surface area contributed by atoms with Crippen LogP contribution in [0, 0.1) is 5.82 Å². The Morgan fingerprint density at radius 1 is 1.00 bits per heavy atom. The van der Waals surface area contributed by atoms with Crippen LogP contribution in [0.1, 0.15) is 24.5 Å². The second-order valence-electron chi connectivity index (χ2n) is 8.13. The minimum absolute atomic E-state index is 0.0907. The fraction of sp³-hybridized carbons (Fsp3) is 0.214. The predicted octanol–water partition coefficient (Wildman–Crippen LogP) is 6.01. The lowest BCUT2D eigenvalue weighted by Gasteiger charge is -2.11. The SMILES string of the molecule is CCCOc1ccc(CC(=O)O)cc1-c1cc(-c2cccc(F)c2)n(CCc2ccccc2)n1. The summed E-state index contributed by atoms with van der Waals surface area (Å²) in [5.74, 6) is -0.568. The summed E-state index contributed by atoms with van der Waals surface area (Å²) in [5.41, 5.74) is 4.74. The number of aliphatic carboxylic acids is 1. The molecule has 174 valence electrons. The molecule has 0 radical (unpaired) electrons. The van der Waals surface area contributed by atoms with Crippen LogP contribution in [0.25, 0.3) is 22.5 Å². The molecule has 6 heteroatoms. The highest BCUT2D eigenvalue weighted by Crippen LogP contribution is 2.34. The van der Waals surface area contributed by atoms with Gasteiger partial charge in [0.25, 0.3) is 0 Å². The van der Waals surface area contributed by atoms with Gasteiger partial charge in [-0.3, -0.25) is 9.48 Å². The monoisotopic (exact) mass is 458 g/mol. The van der Waals surface area contributed by atoms with Crippen molar-refractivity contribution in [1.82, 2.24) is 9.78 Å². The molecule has 0 unspecified atom stereocenters. The minimum Gasteiger partial charge on any atom is -0.493 e. The Morgan fingerprint density at radius 2 is 1.82 bits per heavy atom. The summed E-state index contributed by atoms with van der Waals surface area (Å²) < 4.78 is 21.9. The van der Waals surface area contributed by atoms with Crippen molar-refractivity contribution in [2.45, 2.75) is 32.7 Å². The molecule has 4 rings (SSSR count). The third-order valence-electron chi connectivity index (χ3n) is 5.49. The number of halogens is 1. The number of rotatable bonds is 10. The summed E-state index contributed by atoms with van der Waals surface area (Å²) in [6, 6.07) is 23.9. The first kappa shape index (κ1) is 23.2. The number of ether oxygens (including phenoxy) is 1. The van der Waals surface area contributed by atoms with E-state index in [1.165, 1.54) is 17.7 Å². The zero-order valence-corrected chi connectivity index (χ0v) is 19.1. The third kappa shape index (κ3) is 5.70. The molecule has 4 aromatic rings. The van der Waals surface area contributed by atoms with Gasteiger partial charge in [-0.25, -0.2) is 4.39 Å². The number of aromatic nitrogens is 2. The Kier molecular flexibility index (Phi) is 7.38. The summed E-state index contributed by atoms with van der Waals surface area (Å²) in [5, 5.41) is 14.1. The standard InChI is InChI=1S/C28H27FN2O3/c1-2-15-34-27-12-11-21(17-28(32)33)16-24(27)25-19-26(22-9-6-10-23(29)18-22)31(30-25)14-13-20-7-4-3-5-8-20/h3-12,16,18-19H,2,13-15,17H2,1H3,(H,32,33). The molecule has 0 spiro atoms. The molecule has 0 bridgehead atoms. The van der Waals surface area contributed by atoms with Crippen LogP contribution in [0.3, 0.4) is 0 Å². The number of benzene rings is 3. The number of carboxylic acid groups (broad SMARTS) is 1. The van der Waals surface area contributed by atoms with E-state index in [1.807, 2.05) is 48.0 Å². The molecule has 0 aliphatic heterocycles. The van der Waals surface area contributed by atoms with Gasteiger partial charge in [-0.15, -0.1) is 0 Å². The summed E-state index contributed by atoms with van der Waals surface area (Å²) >= 11 is 0. The first-order chi connectivity index (χ1) is 16.5. The first-order valence-electron chi connectivity index (χ1n) is 11.4. The zero-order valence-electron chi connectivity index (χ0n) is 19.1. The lowest BCUT2D eigenvalue weighted by Crippen LogP contribution is -2.06. The van der Waals surface area contributed by atoms with Gasteiger partial charge < -0.3 is 9.84 Å². The van der Waals surface area contributed by atoms with Crippen molar-refractivity contribution >= 4 is 5.97 Å². The lowest BCUT2D eigenvalue weighted by atomic mass is 10.0. The second kappa shape index (κ2) is 10.8. The third-order valence-corrected chi connectivity index (χ3v) is 5.49. The molecule has 0 aliphatic rings. The highest BCUT2D eigenvalue weighted by Gasteiger charge is 2.17. The molecule has 34 heavy (non-hydrogen) atoms. The largest absolute Gasteiger partial charge is 0.493 e. The van der Waals surface area contributed by atoms with E-state index in [4.69, 9.17) is 9.84 Å². The van der Waals surface area contributed by atoms with E-state index in [9.17, 15) is 14.3 Å². The van der Waals surface area contributed by atoms with E-state index >= 15 is 0 Å². The summed E-state index contributed by atoms with van der Waals surface area (Å²) in [6.07, 6.45) is 1.52. The van der Waals surface area contributed by atoms with E-state index in [0.29, 0.717) is 30.2 Å². The van der Waals surface area contributed by atoms with Gasteiger partial charge in [-0.1, -0.05) is 55.5 Å². The quantitative estimate of drug-likeness (QED) is 0.316. The molecule has 1 aromatic heterocycles. The van der Waals surface area contributed by atoms with E-state index in [2.05, 4.69) is 12.1 Å². The lowest BCUT2D eigenvalue weighted by molar-refractivity contribution is -0.136. The number of hydrogen-bond acceptors (Lipinski definition) is 3. The molecule has 3 aromatic carbocycles. The van der Waals surface area contributed by atoms with Gasteiger partial charge in [0.15, 0.2) is 0 Å². The summed E-state index contributed by atoms with van der Waals surface area (Å²) in [7, 11) is 0. The van der Waals surface area contributed by atoms with Crippen LogP contribution >= 0.6 is 0 Å². The zero-order chi connectivity index (χ0) is 23.9. The molecule has 0 atom stereocenters. The molecule has 0 fully saturated rings. The van der Waals surface area contributed by atoms with Crippen molar-refractivity contribution in [3.63, 3.8) is 0 Å². The Balaban J connectivity index is 1.77. The van der Waals surface area contributed by atoms with Gasteiger partial charge in [0.2, 0.25) is 0 Å². The maximum Gasteiger partial charge on any atom is 0.307 e. The molecule has 5 nitrogen and oxygen atoms in total. The molecule has 1 N–H and O–H groups in total. The van der Waals surface area contributed by atoms with E-state index in [1.54, 1.807) is 18.2 Å². The van der Waals surface area contributed by atoms with Crippen LogP contribution in [0.15, 0.2) is 78.9 Å². The normalized spacial score (nSPS) is 10.9. The highest BCUT2D eigenvalue weighted by molar-refractivity contribution is 5.76. The first-order valence-corrected chi connectivity index (χ1v) is 11.4. The van der Waals surface area contributed by atoms with E-state index < -0.39 is 5.97 Å². The molecule has 0 aliphatic carbocycles. The van der Waals surface area contributed by atoms with Crippen LogP contribution in [0.5, 0.6) is 5.75 Å². The number of carbonyl (C=O) groups is 1. The maximum absolute atomic E-state index is 14.0. The molecule has 0 saturated heterocycles. The van der Waals surface area contributed by atoms with Crippen molar-refractivity contribution in [1.29, 1.82) is 0 Å². The Morgan fingerprint density at radius 3 is 2.56 bits per heavy atom. The predicted molar refractivity (Wildman–Crippen MR) is 130 cm³/mol. The van der Waals surface area contributed by atoms with Crippen molar-refractivity contribution < 1.29 is 19.0 Å². The van der Waals surface area contributed by atoms with Gasteiger partial charge in [0, 0.05) is 17.7 Å². The topological polar surface area (TPSA) is 64.3 Å². The van der Waals surface area contributed by atoms with Gasteiger partial charge in [-0.2, -0.15) is 5.10 Å².